The molecule has 0 bridgehead atoms. The van der Waals surface area contributed by atoms with Gasteiger partial charge in [-0.25, -0.2) is 4.79 Å². The monoisotopic (exact) mass is 309 g/mol. The van der Waals surface area contributed by atoms with Crippen LogP contribution >= 0.6 is 0 Å². The molecule has 0 atom stereocenters. The highest BCUT2D eigenvalue weighted by atomic mass is 16.5. The standard InChI is InChI=1S/C18H19N3O2/c1-12-3-6-14(7-4-12)10-19-18(22)20-11-16-15-9-13(2)5-8-17(15)23-21-16/h3-9H,10-11H2,1-2H3,(H2,19,20,22). The number of rotatable bonds is 4. The summed E-state index contributed by atoms with van der Waals surface area (Å²) in [6.07, 6.45) is 0. The lowest BCUT2D eigenvalue weighted by atomic mass is 10.1. The van der Waals surface area contributed by atoms with E-state index in [1.807, 2.05) is 56.3 Å². The number of nitrogens with zero attached hydrogens (tertiary/aromatic N) is 1. The van der Waals surface area contributed by atoms with Crippen LogP contribution in [-0.2, 0) is 13.1 Å². The van der Waals surface area contributed by atoms with Gasteiger partial charge in [-0.15, -0.1) is 0 Å². The summed E-state index contributed by atoms with van der Waals surface area (Å²) in [4.78, 5) is 11.9. The Morgan fingerprint density at radius 2 is 1.70 bits per heavy atom. The third-order valence-corrected chi connectivity index (χ3v) is 3.69. The zero-order valence-corrected chi connectivity index (χ0v) is 13.2. The molecule has 118 valence electrons. The molecule has 0 aliphatic heterocycles. The molecule has 2 aromatic carbocycles. The summed E-state index contributed by atoms with van der Waals surface area (Å²) in [5, 5.41) is 10.6. The van der Waals surface area contributed by atoms with E-state index in [0.717, 1.165) is 27.8 Å². The summed E-state index contributed by atoms with van der Waals surface area (Å²) in [7, 11) is 0. The van der Waals surface area contributed by atoms with Gasteiger partial charge in [0.15, 0.2) is 5.58 Å². The predicted molar refractivity (Wildman–Crippen MR) is 89.0 cm³/mol. The van der Waals surface area contributed by atoms with Crippen LogP contribution in [0.15, 0.2) is 47.0 Å². The van der Waals surface area contributed by atoms with Crippen molar-refractivity contribution in [2.75, 3.05) is 0 Å². The van der Waals surface area contributed by atoms with E-state index in [1.54, 1.807) is 0 Å². The number of hydrogen-bond acceptors (Lipinski definition) is 3. The van der Waals surface area contributed by atoms with Crippen molar-refractivity contribution < 1.29 is 9.32 Å². The maximum Gasteiger partial charge on any atom is 0.315 e. The predicted octanol–water partition coefficient (Wildman–Crippen LogP) is 3.44. The van der Waals surface area contributed by atoms with Gasteiger partial charge >= 0.3 is 6.03 Å². The van der Waals surface area contributed by atoms with Crippen molar-refractivity contribution in [3.8, 4) is 0 Å². The van der Waals surface area contributed by atoms with Crippen LogP contribution in [0.3, 0.4) is 0 Å². The largest absolute Gasteiger partial charge is 0.356 e. The number of hydrogen-bond donors (Lipinski definition) is 2. The van der Waals surface area contributed by atoms with Gasteiger partial charge in [-0.05, 0) is 31.5 Å². The summed E-state index contributed by atoms with van der Waals surface area (Å²) in [5.41, 5.74) is 4.85. The van der Waals surface area contributed by atoms with E-state index in [-0.39, 0.29) is 6.03 Å². The van der Waals surface area contributed by atoms with Crippen LogP contribution in [-0.4, -0.2) is 11.2 Å². The van der Waals surface area contributed by atoms with Crippen LogP contribution in [0, 0.1) is 13.8 Å². The van der Waals surface area contributed by atoms with Crippen molar-refractivity contribution in [1.82, 2.24) is 15.8 Å². The molecule has 5 heteroatoms. The Labute approximate surface area is 134 Å². The third kappa shape index (κ3) is 3.69. The Morgan fingerprint density at radius 1 is 1.00 bits per heavy atom. The number of aromatic nitrogens is 1. The second kappa shape index (κ2) is 6.52. The minimum atomic E-state index is -0.227. The van der Waals surface area contributed by atoms with Gasteiger partial charge in [0, 0.05) is 11.9 Å². The van der Waals surface area contributed by atoms with Crippen LogP contribution in [0.4, 0.5) is 4.79 Å². The summed E-state index contributed by atoms with van der Waals surface area (Å²) in [6.45, 7) is 4.87. The molecule has 23 heavy (non-hydrogen) atoms. The van der Waals surface area contributed by atoms with Crippen LogP contribution in [0.25, 0.3) is 11.0 Å². The average molecular weight is 309 g/mol. The van der Waals surface area contributed by atoms with Crippen molar-refractivity contribution in [3.05, 3.63) is 64.8 Å². The van der Waals surface area contributed by atoms with E-state index < -0.39 is 0 Å². The van der Waals surface area contributed by atoms with Crippen molar-refractivity contribution in [3.63, 3.8) is 0 Å². The van der Waals surface area contributed by atoms with Crippen molar-refractivity contribution >= 4 is 17.0 Å². The zero-order valence-electron chi connectivity index (χ0n) is 13.2. The second-order valence-corrected chi connectivity index (χ2v) is 5.65. The molecule has 0 unspecified atom stereocenters. The molecule has 3 rings (SSSR count). The van der Waals surface area contributed by atoms with E-state index >= 15 is 0 Å². The molecule has 2 N–H and O–H groups in total. The molecule has 0 aliphatic rings. The molecule has 0 radical (unpaired) electrons. The fourth-order valence-corrected chi connectivity index (χ4v) is 2.34. The minimum Gasteiger partial charge on any atom is -0.356 e. The highest BCUT2D eigenvalue weighted by Crippen LogP contribution is 2.19. The molecule has 0 spiro atoms. The highest BCUT2D eigenvalue weighted by molar-refractivity contribution is 5.81. The quantitative estimate of drug-likeness (QED) is 0.775. The smallest absolute Gasteiger partial charge is 0.315 e. The van der Waals surface area contributed by atoms with Crippen LogP contribution < -0.4 is 10.6 Å². The Hall–Kier alpha value is -2.82. The van der Waals surface area contributed by atoms with E-state index in [0.29, 0.717) is 13.1 Å². The number of benzene rings is 2. The Morgan fingerprint density at radius 3 is 2.48 bits per heavy atom. The van der Waals surface area contributed by atoms with Gasteiger partial charge in [0.1, 0.15) is 5.69 Å². The first kappa shape index (κ1) is 15.1. The van der Waals surface area contributed by atoms with Gasteiger partial charge in [0.05, 0.1) is 6.54 Å². The molecule has 1 heterocycles. The molecule has 1 aromatic heterocycles. The number of aryl methyl sites for hydroxylation is 2. The highest BCUT2D eigenvalue weighted by Gasteiger charge is 2.09. The van der Waals surface area contributed by atoms with Crippen LogP contribution in [0.5, 0.6) is 0 Å². The maximum atomic E-state index is 11.9. The number of carbonyl (C=O) groups excluding carboxylic acids is 1. The van der Waals surface area contributed by atoms with E-state index in [9.17, 15) is 4.79 Å². The number of fused-ring (bicyclic) bond motifs is 1. The Balaban J connectivity index is 1.55. The van der Waals surface area contributed by atoms with Gasteiger partial charge in [-0.3, -0.25) is 0 Å². The maximum absolute atomic E-state index is 11.9. The van der Waals surface area contributed by atoms with Crippen molar-refractivity contribution in [2.24, 2.45) is 0 Å². The topological polar surface area (TPSA) is 67.2 Å². The number of amides is 2. The summed E-state index contributed by atoms with van der Waals surface area (Å²) in [5.74, 6) is 0. The molecule has 0 aliphatic carbocycles. The lowest BCUT2D eigenvalue weighted by Gasteiger charge is -2.07. The van der Waals surface area contributed by atoms with Crippen LogP contribution in [0.1, 0.15) is 22.4 Å². The van der Waals surface area contributed by atoms with Crippen molar-refractivity contribution in [2.45, 2.75) is 26.9 Å². The van der Waals surface area contributed by atoms with Gasteiger partial charge in [-0.1, -0.05) is 46.6 Å². The molecule has 3 aromatic rings. The first-order valence-electron chi connectivity index (χ1n) is 7.54. The Bertz CT molecular complexity index is 822. The number of carbonyl (C=O) groups is 1. The molecule has 0 fully saturated rings. The first-order chi connectivity index (χ1) is 11.1. The average Bonchev–Trinajstić information content (AvgIpc) is 2.94. The van der Waals surface area contributed by atoms with E-state index in [4.69, 9.17) is 4.52 Å². The fourth-order valence-electron chi connectivity index (χ4n) is 2.34. The molecule has 0 saturated heterocycles. The van der Waals surface area contributed by atoms with Gasteiger partial charge < -0.3 is 15.2 Å². The van der Waals surface area contributed by atoms with Gasteiger partial charge in [-0.2, -0.15) is 0 Å². The Kier molecular flexibility index (Phi) is 4.28. The van der Waals surface area contributed by atoms with Gasteiger partial charge in [0.25, 0.3) is 0 Å². The SMILES string of the molecule is Cc1ccc(CNC(=O)NCc2noc3ccc(C)cc23)cc1. The fraction of sp³-hybridized carbons (Fsp3) is 0.222. The van der Waals surface area contributed by atoms with Crippen LogP contribution in [0.2, 0.25) is 0 Å². The zero-order chi connectivity index (χ0) is 16.2. The van der Waals surface area contributed by atoms with E-state index in [2.05, 4.69) is 15.8 Å². The molecular formula is C18H19N3O2. The minimum absolute atomic E-state index is 0.227. The summed E-state index contributed by atoms with van der Waals surface area (Å²) < 4.78 is 5.26. The lowest BCUT2D eigenvalue weighted by molar-refractivity contribution is 0.240. The van der Waals surface area contributed by atoms with Crippen molar-refractivity contribution in [1.29, 1.82) is 0 Å². The second-order valence-electron chi connectivity index (χ2n) is 5.65. The lowest BCUT2D eigenvalue weighted by Crippen LogP contribution is -2.34. The first-order valence-corrected chi connectivity index (χ1v) is 7.54. The molecule has 5 nitrogen and oxygen atoms in total. The van der Waals surface area contributed by atoms with E-state index in [1.165, 1.54) is 5.56 Å². The number of nitrogens with one attached hydrogen (secondary N) is 2. The molecule has 2 amide bonds. The van der Waals surface area contributed by atoms with Gasteiger partial charge in [0.2, 0.25) is 0 Å². The third-order valence-electron chi connectivity index (χ3n) is 3.69. The molecule has 0 saturated carbocycles. The summed E-state index contributed by atoms with van der Waals surface area (Å²) in [6, 6.07) is 13.7. The summed E-state index contributed by atoms with van der Waals surface area (Å²) >= 11 is 0. The number of urea groups is 1. The normalized spacial score (nSPS) is 10.7. The molecular weight excluding hydrogens is 290 g/mol.